The fourth-order valence-electron chi connectivity index (χ4n) is 1.75. The number of carboxylic acid groups (broad SMARTS) is 1. The van der Waals surface area contributed by atoms with E-state index in [1.54, 1.807) is 18.2 Å². The van der Waals surface area contributed by atoms with Gasteiger partial charge in [-0.3, -0.25) is 14.4 Å². The zero-order valence-electron chi connectivity index (χ0n) is 9.78. The number of aliphatic carboxylic acids is 1. The topological polar surface area (TPSA) is 95.0 Å². The Morgan fingerprint density at radius 3 is 2.37 bits per heavy atom. The maximum Gasteiger partial charge on any atom is 0.334 e. The van der Waals surface area contributed by atoms with Gasteiger partial charge in [0.25, 0.3) is 11.8 Å². The Morgan fingerprint density at radius 2 is 1.79 bits per heavy atom. The summed E-state index contributed by atoms with van der Waals surface area (Å²) in [6.45, 7) is -1.01. The van der Waals surface area contributed by atoms with Gasteiger partial charge in [-0.25, -0.2) is 4.79 Å². The number of hydrogen-bond donors (Lipinski definition) is 1. The van der Waals surface area contributed by atoms with Crippen molar-refractivity contribution >= 4 is 23.8 Å². The lowest BCUT2D eigenvalue weighted by Crippen LogP contribution is -2.39. The molecule has 19 heavy (non-hydrogen) atoms. The third-order valence-corrected chi connectivity index (χ3v) is 2.59. The summed E-state index contributed by atoms with van der Waals surface area (Å²) in [4.78, 5) is 47.3. The number of carbonyl (C=O) groups excluding carboxylic acids is 3. The molecular formula is C12H10N2O5. The fraction of sp³-hybridized carbons (Fsp3) is 0.167. The summed E-state index contributed by atoms with van der Waals surface area (Å²) in [6.07, 6.45) is 0. The molecule has 1 heterocycles. The third-order valence-electron chi connectivity index (χ3n) is 2.59. The van der Waals surface area contributed by atoms with Gasteiger partial charge in [0.15, 0.2) is 0 Å². The summed E-state index contributed by atoms with van der Waals surface area (Å²) in [6, 6.07) is 6.95. The number of hydrogen-bond acceptors (Lipinski definition) is 4. The van der Waals surface area contributed by atoms with Gasteiger partial charge in [-0.15, -0.1) is 0 Å². The van der Waals surface area contributed by atoms with Crippen LogP contribution in [-0.4, -0.2) is 51.8 Å². The number of carboxylic acids is 1. The van der Waals surface area contributed by atoms with Crippen LogP contribution in [0.2, 0.25) is 0 Å². The van der Waals surface area contributed by atoms with Crippen molar-refractivity contribution in [2.45, 2.75) is 0 Å². The molecule has 0 saturated carbocycles. The normalized spacial score (nSPS) is 14.9. The highest BCUT2D eigenvalue weighted by atomic mass is 16.4. The second kappa shape index (κ2) is 4.89. The van der Waals surface area contributed by atoms with E-state index in [0.717, 1.165) is 4.90 Å². The Labute approximate surface area is 108 Å². The van der Waals surface area contributed by atoms with Crippen molar-refractivity contribution in [3.63, 3.8) is 0 Å². The monoisotopic (exact) mass is 262 g/mol. The second-order valence-corrected chi connectivity index (χ2v) is 3.93. The Morgan fingerprint density at radius 1 is 1.16 bits per heavy atom. The molecule has 1 aliphatic heterocycles. The highest BCUT2D eigenvalue weighted by molar-refractivity contribution is 6.19. The fourth-order valence-corrected chi connectivity index (χ4v) is 1.75. The van der Waals surface area contributed by atoms with E-state index in [0.29, 0.717) is 4.90 Å². The van der Waals surface area contributed by atoms with Crippen LogP contribution in [0.15, 0.2) is 30.3 Å². The van der Waals surface area contributed by atoms with Gasteiger partial charge in [0.05, 0.1) is 0 Å². The van der Waals surface area contributed by atoms with Gasteiger partial charge in [0.2, 0.25) is 0 Å². The molecule has 1 fully saturated rings. The lowest BCUT2D eigenvalue weighted by molar-refractivity contribution is -0.137. The summed E-state index contributed by atoms with van der Waals surface area (Å²) in [7, 11) is 0. The van der Waals surface area contributed by atoms with Crippen molar-refractivity contribution in [3.05, 3.63) is 35.9 Å². The molecule has 0 aromatic heterocycles. The van der Waals surface area contributed by atoms with Crippen LogP contribution in [0.3, 0.4) is 0 Å². The van der Waals surface area contributed by atoms with Crippen LogP contribution >= 0.6 is 0 Å². The Balaban J connectivity index is 2.21. The number of urea groups is 1. The molecular weight excluding hydrogens is 252 g/mol. The molecule has 1 saturated heterocycles. The highest BCUT2D eigenvalue weighted by Crippen LogP contribution is 2.14. The number of carbonyl (C=O) groups is 4. The molecule has 0 aliphatic carbocycles. The van der Waals surface area contributed by atoms with E-state index >= 15 is 0 Å². The predicted molar refractivity (Wildman–Crippen MR) is 62.2 cm³/mol. The van der Waals surface area contributed by atoms with Crippen LogP contribution in [0.1, 0.15) is 10.4 Å². The highest BCUT2D eigenvalue weighted by Gasteiger charge is 2.41. The van der Waals surface area contributed by atoms with E-state index in [9.17, 15) is 19.2 Å². The molecule has 0 radical (unpaired) electrons. The molecule has 2 rings (SSSR count). The van der Waals surface area contributed by atoms with Crippen LogP contribution < -0.4 is 0 Å². The predicted octanol–water partition coefficient (Wildman–Crippen LogP) is 0.176. The van der Waals surface area contributed by atoms with Gasteiger partial charge in [-0.1, -0.05) is 18.2 Å². The largest absolute Gasteiger partial charge is 0.480 e. The average Bonchev–Trinajstić information content (AvgIpc) is 2.64. The van der Waals surface area contributed by atoms with Gasteiger partial charge in [0.1, 0.15) is 13.1 Å². The maximum atomic E-state index is 12.0. The Hall–Kier alpha value is -2.70. The van der Waals surface area contributed by atoms with Crippen LogP contribution in [0.4, 0.5) is 4.79 Å². The van der Waals surface area contributed by atoms with Gasteiger partial charge in [0, 0.05) is 5.56 Å². The zero-order valence-corrected chi connectivity index (χ0v) is 9.78. The molecule has 1 aliphatic rings. The number of imide groups is 3. The van der Waals surface area contributed by atoms with E-state index in [4.69, 9.17) is 5.11 Å². The van der Waals surface area contributed by atoms with Gasteiger partial charge in [-0.2, -0.15) is 4.90 Å². The summed E-state index contributed by atoms with van der Waals surface area (Å²) < 4.78 is 0. The minimum atomic E-state index is -1.24. The molecule has 98 valence electrons. The molecule has 0 atom stereocenters. The molecule has 1 aromatic carbocycles. The maximum absolute atomic E-state index is 12.0. The molecule has 0 spiro atoms. The van der Waals surface area contributed by atoms with E-state index in [2.05, 4.69) is 0 Å². The molecule has 7 nitrogen and oxygen atoms in total. The molecule has 1 N–H and O–H groups in total. The molecule has 7 heteroatoms. The van der Waals surface area contributed by atoms with Crippen LogP contribution in [0, 0.1) is 0 Å². The first-order valence-electron chi connectivity index (χ1n) is 5.43. The van der Waals surface area contributed by atoms with Crippen molar-refractivity contribution in [2.75, 3.05) is 13.1 Å². The molecule has 0 bridgehead atoms. The Bertz CT molecular complexity index is 554. The SMILES string of the molecule is O=C(O)CN1CC(=O)N(C(=O)c2ccccc2)C1=O. The van der Waals surface area contributed by atoms with Gasteiger partial charge in [-0.05, 0) is 12.1 Å². The van der Waals surface area contributed by atoms with Gasteiger partial charge >= 0.3 is 12.0 Å². The van der Waals surface area contributed by atoms with Crippen molar-refractivity contribution in [1.82, 2.24) is 9.80 Å². The third kappa shape index (κ3) is 2.44. The molecule has 4 amide bonds. The molecule has 1 aromatic rings. The summed E-state index contributed by atoms with van der Waals surface area (Å²) in [5, 5.41) is 8.61. The van der Waals surface area contributed by atoms with Crippen LogP contribution in [0.25, 0.3) is 0 Å². The minimum Gasteiger partial charge on any atom is -0.480 e. The number of amides is 4. The quantitative estimate of drug-likeness (QED) is 0.619. The van der Waals surface area contributed by atoms with Crippen LogP contribution in [-0.2, 0) is 9.59 Å². The van der Waals surface area contributed by atoms with Crippen molar-refractivity contribution in [1.29, 1.82) is 0 Å². The summed E-state index contributed by atoms with van der Waals surface area (Å²) in [5.74, 6) is -2.71. The lowest BCUT2D eigenvalue weighted by Gasteiger charge is -2.13. The minimum absolute atomic E-state index is 0.196. The van der Waals surface area contributed by atoms with Crippen molar-refractivity contribution in [3.8, 4) is 0 Å². The molecule has 0 unspecified atom stereocenters. The first-order chi connectivity index (χ1) is 9.00. The number of rotatable bonds is 3. The van der Waals surface area contributed by atoms with E-state index in [1.807, 2.05) is 0 Å². The smallest absolute Gasteiger partial charge is 0.334 e. The number of nitrogens with zero attached hydrogens (tertiary/aromatic N) is 2. The Kier molecular flexibility index (Phi) is 3.28. The van der Waals surface area contributed by atoms with E-state index < -0.39 is 36.9 Å². The van der Waals surface area contributed by atoms with Crippen molar-refractivity contribution in [2.24, 2.45) is 0 Å². The first-order valence-corrected chi connectivity index (χ1v) is 5.43. The lowest BCUT2D eigenvalue weighted by atomic mass is 10.2. The summed E-state index contributed by atoms with van der Waals surface area (Å²) in [5.41, 5.74) is 0.196. The second-order valence-electron chi connectivity index (χ2n) is 3.93. The first kappa shape index (κ1) is 12.7. The van der Waals surface area contributed by atoms with E-state index in [1.165, 1.54) is 12.1 Å². The zero-order chi connectivity index (χ0) is 14.0. The summed E-state index contributed by atoms with van der Waals surface area (Å²) >= 11 is 0. The standard InChI is InChI=1S/C12H10N2O5/c15-9-6-13(7-10(16)17)12(19)14(9)11(18)8-4-2-1-3-5-8/h1-5H,6-7H2,(H,16,17). The van der Waals surface area contributed by atoms with E-state index in [-0.39, 0.29) is 5.56 Å². The van der Waals surface area contributed by atoms with Crippen molar-refractivity contribution < 1.29 is 24.3 Å². The van der Waals surface area contributed by atoms with Crippen LogP contribution in [0.5, 0.6) is 0 Å². The van der Waals surface area contributed by atoms with Gasteiger partial charge < -0.3 is 10.0 Å². The number of benzene rings is 1. The average molecular weight is 262 g/mol.